The van der Waals surface area contributed by atoms with Gasteiger partial charge in [0.05, 0.1) is 17.4 Å². The van der Waals surface area contributed by atoms with Gasteiger partial charge in [-0.2, -0.15) is 18.3 Å². The van der Waals surface area contributed by atoms with Crippen molar-refractivity contribution < 1.29 is 18.0 Å². The smallest absolute Gasteiger partial charge is 0.319 e. The third-order valence-electron chi connectivity index (χ3n) is 3.66. The number of benzene rings is 2. The fourth-order valence-corrected chi connectivity index (χ4v) is 2.46. The third-order valence-corrected chi connectivity index (χ3v) is 3.66. The van der Waals surface area contributed by atoms with E-state index in [1.165, 1.54) is 18.3 Å². The number of halogens is 3. The summed E-state index contributed by atoms with van der Waals surface area (Å²) in [4.78, 5) is 12.5. The molecule has 0 bridgehead atoms. The van der Waals surface area contributed by atoms with Gasteiger partial charge < -0.3 is 5.32 Å². The molecule has 4 nitrogen and oxygen atoms in total. The van der Waals surface area contributed by atoms with Crippen LogP contribution < -0.4 is 5.32 Å². The predicted octanol–water partition coefficient (Wildman–Crippen LogP) is 4.36. The Bertz CT molecular complexity index is 898. The maximum absolute atomic E-state index is 12.7. The van der Waals surface area contributed by atoms with Crippen LogP contribution in [0.3, 0.4) is 0 Å². The largest absolute Gasteiger partial charge is 0.416 e. The summed E-state index contributed by atoms with van der Waals surface area (Å²) in [7, 11) is 1.73. The van der Waals surface area contributed by atoms with Gasteiger partial charge in [0, 0.05) is 18.8 Å². The zero-order valence-electron chi connectivity index (χ0n) is 13.2. The third kappa shape index (κ3) is 3.71. The lowest BCUT2D eigenvalue weighted by Crippen LogP contribution is -2.12. The van der Waals surface area contributed by atoms with Crippen molar-refractivity contribution in [3.63, 3.8) is 0 Å². The van der Waals surface area contributed by atoms with Crippen LogP contribution >= 0.6 is 0 Å². The molecule has 0 aliphatic carbocycles. The fraction of sp³-hybridized carbons (Fsp3) is 0.111. The normalized spacial score (nSPS) is 11.4. The molecule has 1 amide bonds. The van der Waals surface area contributed by atoms with E-state index in [2.05, 4.69) is 10.4 Å². The highest BCUT2D eigenvalue weighted by atomic mass is 19.4. The summed E-state index contributed by atoms with van der Waals surface area (Å²) in [6.07, 6.45) is -1.23. The molecular formula is C18H14F3N3O. The average Bonchev–Trinajstić information content (AvgIpc) is 2.99. The molecule has 7 heteroatoms. The number of aryl methyl sites for hydroxylation is 1. The monoisotopic (exact) mass is 345 g/mol. The lowest BCUT2D eigenvalue weighted by molar-refractivity contribution is -0.137. The molecule has 0 spiro atoms. The van der Waals surface area contributed by atoms with Gasteiger partial charge in [0.2, 0.25) is 0 Å². The maximum Gasteiger partial charge on any atom is 0.416 e. The Morgan fingerprint density at radius 1 is 1.08 bits per heavy atom. The summed E-state index contributed by atoms with van der Waals surface area (Å²) in [5.74, 6) is -0.358. The maximum atomic E-state index is 12.7. The minimum atomic E-state index is -4.39. The Kier molecular flexibility index (Phi) is 4.31. The number of hydrogen-bond acceptors (Lipinski definition) is 2. The number of alkyl halides is 3. The summed E-state index contributed by atoms with van der Waals surface area (Å²) in [6.45, 7) is 0. The second kappa shape index (κ2) is 6.43. The molecule has 0 aliphatic heterocycles. The topological polar surface area (TPSA) is 46.9 Å². The minimum absolute atomic E-state index is 0.358. The lowest BCUT2D eigenvalue weighted by Gasteiger charge is -2.11. The van der Waals surface area contributed by atoms with Crippen LogP contribution in [0.15, 0.2) is 60.9 Å². The van der Waals surface area contributed by atoms with Crippen LogP contribution in [-0.2, 0) is 13.2 Å². The molecule has 25 heavy (non-hydrogen) atoms. The molecule has 0 saturated carbocycles. The first-order valence-corrected chi connectivity index (χ1v) is 7.41. The Morgan fingerprint density at radius 2 is 1.76 bits per heavy atom. The van der Waals surface area contributed by atoms with Gasteiger partial charge in [0.1, 0.15) is 0 Å². The van der Waals surface area contributed by atoms with Crippen molar-refractivity contribution in [1.82, 2.24) is 9.78 Å². The minimum Gasteiger partial charge on any atom is -0.319 e. The van der Waals surface area contributed by atoms with Crippen molar-refractivity contribution in [3.8, 4) is 11.1 Å². The molecule has 1 N–H and O–H groups in total. The van der Waals surface area contributed by atoms with Gasteiger partial charge in [0.25, 0.3) is 5.91 Å². The number of nitrogens with one attached hydrogen (secondary N) is 1. The molecule has 0 saturated heterocycles. The van der Waals surface area contributed by atoms with E-state index in [9.17, 15) is 18.0 Å². The number of nitrogens with zero attached hydrogens (tertiary/aromatic N) is 2. The molecule has 0 aliphatic rings. The highest BCUT2D eigenvalue weighted by Gasteiger charge is 2.30. The van der Waals surface area contributed by atoms with Crippen LogP contribution in [-0.4, -0.2) is 15.7 Å². The molecule has 1 heterocycles. The second-order valence-electron chi connectivity index (χ2n) is 5.48. The molecular weight excluding hydrogens is 331 g/mol. The van der Waals surface area contributed by atoms with E-state index < -0.39 is 11.7 Å². The highest BCUT2D eigenvalue weighted by Crippen LogP contribution is 2.32. The summed E-state index contributed by atoms with van der Waals surface area (Å²) in [6, 6.07) is 11.5. The molecule has 0 unspecified atom stereocenters. The van der Waals surface area contributed by atoms with Gasteiger partial charge in [-0.05, 0) is 29.3 Å². The zero-order chi connectivity index (χ0) is 18.0. The number of amides is 1. The zero-order valence-corrected chi connectivity index (χ0v) is 13.2. The van der Waals surface area contributed by atoms with Crippen LogP contribution in [0, 0.1) is 0 Å². The van der Waals surface area contributed by atoms with Crippen LogP contribution in [0.2, 0.25) is 0 Å². The van der Waals surface area contributed by atoms with Crippen LogP contribution in [0.25, 0.3) is 11.1 Å². The molecule has 1 aromatic heterocycles. The molecule has 128 valence electrons. The van der Waals surface area contributed by atoms with Crippen molar-refractivity contribution in [2.24, 2.45) is 7.05 Å². The first kappa shape index (κ1) is 16.8. The van der Waals surface area contributed by atoms with E-state index in [0.717, 1.165) is 12.1 Å². The van der Waals surface area contributed by atoms with Crippen molar-refractivity contribution in [1.29, 1.82) is 0 Å². The van der Waals surface area contributed by atoms with E-state index in [-0.39, 0.29) is 5.91 Å². The van der Waals surface area contributed by atoms with E-state index in [1.807, 2.05) is 0 Å². The van der Waals surface area contributed by atoms with Gasteiger partial charge in [-0.25, -0.2) is 0 Å². The van der Waals surface area contributed by atoms with Crippen LogP contribution in [0.4, 0.5) is 18.9 Å². The predicted molar refractivity (Wildman–Crippen MR) is 88.0 cm³/mol. The molecule has 0 atom stereocenters. The Labute approximate surface area is 141 Å². The van der Waals surface area contributed by atoms with Gasteiger partial charge >= 0.3 is 6.18 Å². The number of carbonyl (C=O) groups is 1. The Hall–Kier alpha value is -3.09. The van der Waals surface area contributed by atoms with E-state index in [4.69, 9.17) is 0 Å². The van der Waals surface area contributed by atoms with Crippen LogP contribution in [0.1, 0.15) is 15.9 Å². The summed E-state index contributed by atoms with van der Waals surface area (Å²) >= 11 is 0. The van der Waals surface area contributed by atoms with Crippen molar-refractivity contribution >= 4 is 11.6 Å². The van der Waals surface area contributed by atoms with Crippen molar-refractivity contribution in [2.45, 2.75) is 6.18 Å². The average molecular weight is 345 g/mol. The fourth-order valence-electron chi connectivity index (χ4n) is 2.46. The number of anilines is 1. The number of aromatic nitrogens is 2. The van der Waals surface area contributed by atoms with E-state index >= 15 is 0 Å². The summed E-state index contributed by atoms with van der Waals surface area (Å²) in [5.41, 5.74) is 1.26. The van der Waals surface area contributed by atoms with Crippen molar-refractivity contribution in [3.05, 3.63) is 72.1 Å². The van der Waals surface area contributed by atoms with E-state index in [1.54, 1.807) is 42.2 Å². The number of hydrogen-bond donors (Lipinski definition) is 1. The first-order chi connectivity index (χ1) is 11.8. The molecule has 3 rings (SSSR count). The van der Waals surface area contributed by atoms with Gasteiger partial charge in [-0.15, -0.1) is 0 Å². The summed E-state index contributed by atoms with van der Waals surface area (Å²) < 4.78 is 39.7. The van der Waals surface area contributed by atoms with E-state index in [0.29, 0.717) is 22.4 Å². The van der Waals surface area contributed by atoms with Crippen molar-refractivity contribution in [2.75, 3.05) is 5.32 Å². The molecule has 3 aromatic rings. The standard InChI is InChI=1S/C18H14F3N3O/c1-24-11-14(10-22-24)23-17(25)16-5-3-2-4-15(16)12-6-8-13(9-7-12)18(19,20)21/h2-11H,1H3,(H,23,25). The Balaban J connectivity index is 1.91. The SMILES string of the molecule is Cn1cc(NC(=O)c2ccccc2-c2ccc(C(F)(F)F)cc2)cn1. The van der Waals surface area contributed by atoms with Gasteiger partial charge in [-0.1, -0.05) is 30.3 Å². The van der Waals surface area contributed by atoms with Crippen LogP contribution in [0.5, 0.6) is 0 Å². The molecule has 2 aromatic carbocycles. The first-order valence-electron chi connectivity index (χ1n) is 7.41. The van der Waals surface area contributed by atoms with Gasteiger partial charge in [-0.3, -0.25) is 9.48 Å². The summed E-state index contributed by atoms with van der Waals surface area (Å²) in [5, 5.41) is 6.69. The lowest BCUT2D eigenvalue weighted by atomic mass is 9.98. The molecule has 0 fully saturated rings. The number of carbonyl (C=O) groups excluding carboxylic acids is 1. The quantitative estimate of drug-likeness (QED) is 0.767. The van der Waals surface area contributed by atoms with Gasteiger partial charge in [0.15, 0.2) is 0 Å². The second-order valence-corrected chi connectivity index (χ2v) is 5.48. The Morgan fingerprint density at radius 3 is 2.36 bits per heavy atom. The highest BCUT2D eigenvalue weighted by molar-refractivity contribution is 6.08. The molecule has 0 radical (unpaired) electrons. The number of rotatable bonds is 3.